The van der Waals surface area contributed by atoms with Crippen LogP contribution >= 0.6 is 0 Å². The van der Waals surface area contributed by atoms with Gasteiger partial charge in [-0.05, 0) is 17.5 Å². The molecule has 0 amide bonds. The molecular weight excluding hydrogens is 200 g/mol. The van der Waals surface area contributed by atoms with Crippen LogP contribution < -0.4 is 15.0 Å². The predicted octanol–water partition coefficient (Wildman–Crippen LogP) is 0.271. The molecule has 0 aromatic heterocycles. The second-order valence-corrected chi connectivity index (χ2v) is 4.31. The van der Waals surface area contributed by atoms with Crippen LogP contribution in [0.5, 0.6) is 5.75 Å². The molecule has 1 aliphatic heterocycles. The first-order valence-electron chi connectivity index (χ1n) is 5.82. The van der Waals surface area contributed by atoms with Crippen LogP contribution in [0.1, 0.15) is 25.3 Å². The Labute approximate surface area is 96.5 Å². The maximum absolute atomic E-state index is 5.82. The third kappa shape index (κ3) is 2.54. The van der Waals surface area contributed by atoms with Gasteiger partial charge in [0.2, 0.25) is 0 Å². The van der Waals surface area contributed by atoms with Gasteiger partial charge in [-0.15, -0.1) is 0 Å². The fraction of sp³-hybridized carbons (Fsp3) is 0.462. The number of benzene rings is 1. The Morgan fingerprint density at radius 2 is 2.19 bits per heavy atom. The van der Waals surface area contributed by atoms with E-state index in [1.165, 1.54) is 5.56 Å². The summed E-state index contributed by atoms with van der Waals surface area (Å²) < 4.78 is 5.82. The lowest BCUT2D eigenvalue weighted by Gasteiger charge is -2.12. The van der Waals surface area contributed by atoms with E-state index in [0.717, 1.165) is 24.7 Å². The Hall–Kier alpha value is -1.51. The van der Waals surface area contributed by atoms with Crippen molar-refractivity contribution >= 4 is 5.84 Å². The highest BCUT2D eigenvalue weighted by Gasteiger charge is 2.14. The maximum atomic E-state index is 5.82. The summed E-state index contributed by atoms with van der Waals surface area (Å²) in [6, 6.07) is 8.23. The van der Waals surface area contributed by atoms with Gasteiger partial charge in [-0.25, -0.2) is 0 Å². The molecule has 1 aromatic carbocycles. The second-order valence-electron chi connectivity index (χ2n) is 4.31. The fourth-order valence-corrected chi connectivity index (χ4v) is 1.83. The van der Waals surface area contributed by atoms with Crippen molar-refractivity contribution < 1.29 is 9.73 Å². The average Bonchev–Trinajstić information content (AvgIpc) is 2.79. The molecule has 0 aliphatic carbocycles. The molecule has 2 rings (SSSR count). The molecule has 3 heteroatoms. The maximum Gasteiger partial charge on any atom is 0.281 e. The van der Waals surface area contributed by atoms with Crippen molar-refractivity contribution in [1.82, 2.24) is 5.32 Å². The molecule has 3 nitrogen and oxygen atoms in total. The quantitative estimate of drug-likeness (QED) is 0.762. The van der Waals surface area contributed by atoms with Crippen LogP contribution in [0.15, 0.2) is 24.3 Å². The van der Waals surface area contributed by atoms with Crippen molar-refractivity contribution in [3.05, 3.63) is 29.8 Å². The Kier molecular flexibility index (Phi) is 3.44. The van der Waals surface area contributed by atoms with E-state index in [9.17, 15) is 0 Å². The first-order chi connectivity index (χ1) is 7.77. The van der Waals surface area contributed by atoms with Crippen LogP contribution in [0.25, 0.3) is 0 Å². The molecule has 0 atom stereocenters. The summed E-state index contributed by atoms with van der Waals surface area (Å²) in [5.74, 6) is 2.56. The van der Waals surface area contributed by atoms with Gasteiger partial charge in [0.15, 0.2) is 6.61 Å². The summed E-state index contributed by atoms with van der Waals surface area (Å²) in [6.45, 7) is 6.95. The van der Waals surface area contributed by atoms with Crippen molar-refractivity contribution in [3.8, 4) is 5.75 Å². The summed E-state index contributed by atoms with van der Waals surface area (Å²) in [4.78, 5) is 3.26. The van der Waals surface area contributed by atoms with Crippen molar-refractivity contribution in [2.75, 3.05) is 19.7 Å². The molecule has 0 bridgehead atoms. The molecule has 0 fully saturated rings. The molecule has 0 spiro atoms. The minimum atomic E-state index is 0.491. The highest BCUT2D eigenvalue weighted by Crippen LogP contribution is 2.25. The Morgan fingerprint density at radius 3 is 2.88 bits per heavy atom. The molecule has 1 aliphatic rings. The third-order valence-electron chi connectivity index (χ3n) is 2.71. The molecular formula is C13H19N2O+. The monoisotopic (exact) mass is 219 g/mol. The highest BCUT2D eigenvalue weighted by molar-refractivity contribution is 5.78. The number of ether oxygens (including phenoxy) is 1. The van der Waals surface area contributed by atoms with Gasteiger partial charge in [0.25, 0.3) is 5.84 Å². The summed E-state index contributed by atoms with van der Waals surface area (Å²) >= 11 is 0. The Balaban J connectivity index is 2.03. The van der Waals surface area contributed by atoms with Crippen LogP contribution in [0.3, 0.4) is 0 Å². The topological polar surface area (TPSA) is 35.2 Å². The molecule has 0 saturated heterocycles. The van der Waals surface area contributed by atoms with Gasteiger partial charge in [-0.1, -0.05) is 32.0 Å². The molecule has 86 valence electrons. The normalized spacial score (nSPS) is 14.8. The number of rotatable bonds is 4. The summed E-state index contributed by atoms with van der Waals surface area (Å²) in [6.07, 6.45) is 0. The third-order valence-corrected chi connectivity index (χ3v) is 2.71. The summed E-state index contributed by atoms with van der Waals surface area (Å²) in [5, 5.41) is 3.26. The Bertz CT molecular complexity index is 385. The molecule has 2 N–H and O–H groups in total. The number of amidine groups is 1. The van der Waals surface area contributed by atoms with E-state index in [1.807, 2.05) is 12.1 Å². The van der Waals surface area contributed by atoms with E-state index in [2.05, 4.69) is 36.3 Å². The summed E-state index contributed by atoms with van der Waals surface area (Å²) in [7, 11) is 0. The van der Waals surface area contributed by atoms with Crippen LogP contribution in [0.2, 0.25) is 0 Å². The number of hydrogen-bond donors (Lipinski definition) is 2. The van der Waals surface area contributed by atoms with Crippen LogP contribution in [0, 0.1) is 0 Å². The predicted molar refractivity (Wildman–Crippen MR) is 64.9 cm³/mol. The summed E-state index contributed by atoms with van der Waals surface area (Å²) in [5.41, 5.74) is 1.26. The van der Waals surface area contributed by atoms with Crippen molar-refractivity contribution in [1.29, 1.82) is 0 Å². The van der Waals surface area contributed by atoms with Gasteiger partial charge in [0, 0.05) is 0 Å². The molecule has 0 unspecified atom stereocenters. The van der Waals surface area contributed by atoms with E-state index in [-0.39, 0.29) is 0 Å². The zero-order valence-corrected chi connectivity index (χ0v) is 9.92. The van der Waals surface area contributed by atoms with Crippen molar-refractivity contribution in [2.24, 2.45) is 0 Å². The lowest BCUT2D eigenvalue weighted by Crippen LogP contribution is -2.71. The molecule has 16 heavy (non-hydrogen) atoms. The van der Waals surface area contributed by atoms with E-state index in [1.54, 1.807) is 0 Å². The van der Waals surface area contributed by atoms with Crippen LogP contribution in [0.4, 0.5) is 0 Å². The van der Waals surface area contributed by atoms with Gasteiger partial charge >= 0.3 is 0 Å². The van der Waals surface area contributed by atoms with Gasteiger partial charge in [-0.2, -0.15) is 0 Å². The van der Waals surface area contributed by atoms with Gasteiger partial charge < -0.3 is 4.74 Å². The highest BCUT2D eigenvalue weighted by atomic mass is 16.5. The lowest BCUT2D eigenvalue weighted by atomic mass is 10.0. The molecule has 1 aromatic rings. The molecule has 0 radical (unpaired) electrons. The van der Waals surface area contributed by atoms with Crippen molar-refractivity contribution in [3.63, 3.8) is 0 Å². The average molecular weight is 219 g/mol. The lowest BCUT2D eigenvalue weighted by molar-refractivity contribution is -0.446. The minimum Gasteiger partial charge on any atom is -0.481 e. The number of hydrogen-bond acceptors (Lipinski definition) is 2. The van der Waals surface area contributed by atoms with E-state index < -0.39 is 0 Å². The standard InChI is InChI=1S/C13H18N2O/c1-10(2)11-5-3-4-6-12(11)16-9-13-14-7-8-15-13/h3-6,10H,7-9H2,1-2H3,(H,14,15)/p+1. The zero-order valence-electron chi connectivity index (χ0n) is 9.92. The molecule has 1 heterocycles. The van der Waals surface area contributed by atoms with Gasteiger partial charge in [0.05, 0.1) is 0 Å². The first kappa shape index (κ1) is 11.0. The number of para-hydroxylation sites is 1. The first-order valence-corrected chi connectivity index (χ1v) is 5.82. The second kappa shape index (κ2) is 5.01. The van der Waals surface area contributed by atoms with Crippen molar-refractivity contribution in [2.45, 2.75) is 19.8 Å². The SMILES string of the molecule is CC(C)c1ccccc1OCC1=[NH+]CCN1. The van der Waals surface area contributed by atoms with E-state index in [0.29, 0.717) is 12.5 Å². The largest absolute Gasteiger partial charge is 0.481 e. The van der Waals surface area contributed by atoms with Crippen LogP contribution in [-0.4, -0.2) is 25.5 Å². The van der Waals surface area contributed by atoms with Crippen LogP contribution in [-0.2, 0) is 0 Å². The Morgan fingerprint density at radius 1 is 1.38 bits per heavy atom. The fourth-order valence-electron chi connectivity index (χ4n) is 1.83. The van der Waals surface area contributed by atoms with Gasteiger partial charge in [0.1, 0.15) is 18.8 Å². The van der Waals surface area contributed by atoms with E-state index in [4.69, 9.17) is 4.74 Å². The minimum absolute atomic E-state index is 0.491. The van der Waals surface area contributed by atoms with E-state index >= 15 is 0 Å². The smallest absolute Gasteiger partial charge is 0.281 e. The van der Waals surface area contributed by atoms with Gasteiger partial charge in [-0.3, -0.25) is 10.3 Å². The molecule has 0 saturated carbocycles. The zero-order chi connectivity index (χ0) is 11.4. The number of nitrogens with one attached hydrogen (secondary N) is 2.